The highest BCUT2D eigenvalue weighted by Crippen LogP contribution is 2.05. The first-order valence-electron chi connectivity index (χ1n) is 11.2. The summed E-state index contributed by atoms with van der Waals surface area (Å²) in [7, 11) is 0. The molecule has 0 heterocycles. The van der Waals surface area contributed by atoms with E-state index < -0.39 is 18.2 Å². The second kappa shape index (κ2) is 20.0. The number of unbranched alkanes of at least 4 members (excludes halogenated alkanes) is 4. The monoisotopic (exact) mass is 446 g/mol. The van der Waals surface area contributed by atoms with E-state index >= 15 is 0 Å². The molecule has 0 fully saturated rings. The van der Waals surface area contributed by atoms with Gasteiger partial charge < -0.3 is 43.0 Å². The summed E-state index contributed by atoms with van der Waals surface area (Å²) in [6, 6.07) is -1.20. The molecule has 0 aliphatic rings. The highest BCUT2D eigenvalue weighted by molar-refractivity contribution is 5.88. The summed E-state index contributed by atoms with van der Waals surface area (Å²) >= 11 is 0. The number of amides is 2. The molecule has 0 saturated carbocycles. The highest BCUT2D eigenvalue weighted by Gasteiger charge is 2.23. The van der Waals surface area contributed by atoms with Crippen molar-refractivity contribution in [2.75, 3.05) is 39.3 Å². The molecule has 0 radical (unpaired) electrons. The van der Waals surface area contributed by atoms with Gasteiger partial charge in [0.1, 0.15) is 12.6 Å². The maximum absolute atomic E-state index is 12.8. The van der Waals surface area contributed by atoms with Crippen molar-refractivity contribution in [2.45, 2.75) is 69.9 Å². The lowest BCUT2D eigenvalue weighted by Gasteiger charge is -2.23. The van der Waals surface area contributed by atoms with Crippen LogP contribution in [0.5, 0.6) is 0 Å². The predicted molar refractivity (Wildman–Crippen MR) is 119 cm³/mol. The first kappa shape index (κ1) is 29.1. The van der Waals surface area contributed by atoms with Gasteiger partial charge in [0.25, 0.3) is 0 Å². The molecule has 0 rings (SSSR count). The lowest BCUT2D eigenvalue weighted by molar-refractivity contribution is -0.129. The van der Waals surface area contributed by atoms with Crippen LogP contribution in [-0.2, 0) is 14.3 Å². The van der Waals surface area contributed by atoms with Gasteiger partial charge in [-0.15, -0.1) is 0 Å². The van der Waals surface area contributed by atoms with Gasteiger partial charge in [-0.05, 0) is 71.1 Å². The fraction of sp³-hybridized carbons (Fsp3) is 0.850. The Morgan fingerprint density at radius 1 is 0.806 bits per heavy atom. The molecule has 182 valence electrons. The SMILES string of the molecule is NCCCCCNCC(=O)N[C@@H](CCCCN)C(=O)N[C@H](CCCCN)COC(=O)O. The van der Waals surface area contributed by atoms with Gasteiger partial charge in [0, 0.05) is 0 Å². The Morgan fingerprint density at radius 3 is 2.03 bits per heavy atom. The van der Waals surface area contributed by atoms with Crippen molar-refractivity contribution in [3.8, 4) is 0 Å². The van der Waals surface area contributed by atoms with Crippen molar-refractivity contribution in [1.29, 1.82) is 0 Å². The van der Waals surface area contributed by atoms with Crippen molar-refractivity contribution in [1.82, 2.24) is 16.0 Å². The van der Waals surface area contributed by atoms with Gasteiger partial charge in [-0.25, -0.2) is 4.79 Å². The molecule has 0 aromatic rings. The number of carbonyl (C=O) groups excluding carboxylic acids is 2. The van der Waals surface area contributed by atoms with Gasteiger partial charge in [-0.2, -0.15) is 0 Å². The fourth-order valence-corrected chi connectivity index (χ4v) is 2.99. The lowest BCUT2D eigenvalue weighted by atomic mass is 10.1. The average Bonchev–Trinajstić information content (AvgIpc) is 2.73. The molecule has 0 unspecified atom stereocenters. The second-order valence-corrected chi connectivity index (χ2v) is 7.50. The molecule has 0 aliphatic heterocycles. The van der Waals surface area contributed by atoms with Crippen LogP contribution in [0.2, 0.25) is 0 Å². The molecule has 2 amide bonds. The summed E-state index contributed by atoms with van der Waals surface area (Å²) in [5, 5.41) is 17.4. The summed E-state index contributed by atoms with van der Waals surface area (Å²) in [4.78, 5) is 35.8. The molecule has 0 bridgehead atoms. The van der Waals surface area contributed by atoms with Crippen LogP contribution >= 0.6 is 0 Å². The summed E-state index contributed by atoms with van der Waals surface area (Å²) < 4.78 is 4.64. The van der Waals surface area contributed by atoms with E-state index in [1.807, 2.05) is 0 Å². The van der Waals surface area contributed by atoms with E-state index in [1.165, 1.54) is 0 Å². The quantitative estimate of drug-likeness (QED) is 0.0963. The minimum Gasteiger partial charge on any atom is -0.450 e. The molecule has 0 saturated heterocycles. The molecule has 11 nitrogen and oxygen atoms in total. The number of hydrogen-bond acceptors (Lipinski definition) is 8. The summed E-state index contributed by atoms with van der Waals surface area (Å²) in [5.74, 6) is -0.631. The van der Waals surface area contributed by atoms with E-state index in [-0.39, 0.29) is 25.0 Å². The first-order valence-corrected chi connectivity index (χ1v) is 11.2. The Balaban J connectivity index is 4.71. The number of nitrogens with one attached hydrogen (secondary N) is 3. The van der Waals surface area contributed by atoms with Gasteiger partial charge in [-0.3, -0.25) is 9.59 Å². The van der Waals surface area contributed by atoms with Crippen LogP contribution in [0.1, 0.15) is 57.8 Å². The zero-order chi connectivity index (χ0) is 23.3. The predicted octanol–water partition coefficient (Wildman–Crippen LogP) is -0.373. The molecule has 0 aromatic carbocycles. The third-order valence-corrected chi connectivity index (χ3v) is 4.70. The van der Waals surface area contributed by atoms with Crippen molar-refractivity contribution in [3.05, 3.63) is 0 Å². The van der Waals surface area contributed by atoms with Gasteiger partial charge in [0.2, 0.25) is 11.8 Å². The van der Waals surface area contributed by atoms with Gasteiger partial charge in [-0.1, -0.05) is 12.8 Å². The van der Waals surface area contributed by atoms with Gasteiger partial charge in [0.05, 0.1) is 12.6 Å². The van der Waals surface area contributed by atoms with Crippen molar-refractivity contribution < 1.29 is 24.2 Å². The number of hydrogen-bond donors (Lipinski definition) is 7. The third-order valence-electron chi connectivity index (χ3n) is 4.70. The van der Waals surface area contributed by atoms with E-state index in [0.717, 1.165) is 38.5 Å². The molecule has 0 aliphatic carbocycles. The molecule has 0 aromatic heterocycles. The smallest absolute Gasteiger partial charge is 0.450 e. The molecule has 31 heavy (non-hydrogen) atoms. The number of ether oxygens (including phenoxy) is 1. The van der Waals surface area contributed by atoms with Crippen LogP contribution < -0.4 is 33.2 Å². The number of nitrogens with two attached hydrogens (primary N) is 3. The minimum absolute atomic E-state index is 0.116. The Kier molecular flexibility index (Phi) is 18.7. The zero-order valence-electron chi connectivity index (χ0n) is 18.6. The van der Waals surface area contributed by atoms with E-state index in [4.69, 9.17) is 22.3 Å². The molecule has 0 spiro atoms. The minimum atomic E-state index is -1.40. The molecular weight excluding hydrogens is 404 g/mol. The number of rotatable bonds is 20. The van der Waals surface area contributed by atoms with Crippen LogP contribution in [0.15, 0.2) is 0 Å². The molecule has 11 heteroatoms. The Hall–Kier alpha value is -1.95. The molecular formula is C20H42N6O5. The van der Waals surface area contributed by atoms with Crippen LogP contribution in [0, 0.1) is 0 Å². The zero-order valence-corrected chi connectivity index (χ0v) is 18.6. The maximum atomic E-state index is 12.8. The standard InChI is InChI=1S/C20H42N6O5/c21-10-4-1-7-13-24-14-18(27)26-17(9-3-6-12-23)19(28)25-16(8-2-5-11-22)15-31-20(29)30/h16-17,24H,1-15,21-23H2,(H,25,28)(H,26,27)(H,29,30)/t16-,17+/m1/s1. The van der Waals surface area contributed by atoms with Crippen LogP contribution in [-0.4, -0.2) is 74.5 Å². The van der Waals surface area contributed by atoms with E-state index in [1.54, 1.807) is 0 Å². The third kappa shape index (κ3) is 17.4. The van der Waals surface area contributed by atoms with Crippen LogP contribution in [0.4, 0.5) is 4.79 Å². The summed E-state index contributed by atoms with van der Waals surface area (Å²) in [5.41, 5.74) is 16.5. The normalized spacial score (nSPS) is 12.7. The van der Waals surface area contributed by atoms with Crippen molar-refractivity contribution >= 4 is 18.0 Å². The van der Waals surface area contributed by atoms with Crippen molar-refractivity contribution in [2.24, 2.45) is 17.2 Å². The Morgan fingerprint density at radius 2 is 1.42 bits per heavy atom. The highest BCUT2D eigenvalue weighted by atomic mass is 16.7. The Bertz CT molecular complexity index is 495. The largest absolute Gasteiger partial charge is 0.505 e. The van der Waals surface area contributed by atoms with Crippen molar-refractivity contribution in [3.63, 3.8) is 0 Å². The van der Waals surface area contributed by atoms with Gasteiger partial charge in [0.15, 0.2) is 0 Å². The van der Waals surface area contributed by atoms with E-state index in [9.17, 15) is 14.4 Å². The average molecular weight is 447 g/mol. The van der Waals surface area contributed by atoms with E-state index in [0.29, 0.717) is 45.4 Å². The molecule has 10 N–H and O–H groups in total. The summed E-state index contributed by atoms with van der Waals surface area (Å²) in [6.07, 6.45) is 5.36. The second-order valence-electron chi connectivity index (χ2n) is 7.50. The maximum Gasteiger partial charge on any atom is 0.505 e. The fourth-order valence-electron chi connectivity index (χ4n) is 2.99. The first-order chi connectivity index (χ1) is 14.9. The lowest BCUT2D eigenvalue weighted by Crippen LogP contribution is -2.52. The van der Waals surface area contributed by atoms with Gasteiger partial charge >= 0.3 is 6.16 Å². The topological polar surface area (TPSA) is 195 Å². The van der Waals surface area contributed by atoms with E-state index in [2.05, 4.69) is 20.7 Å². The number of carboxylic acid groups (broad SMARTS) is 1. The summed E-state index contributed by atoms with van der Waals surface area (Å²) in [6.45, 7) is 2.33. The van der Waals surface area contributed by atoms with Crippen LogP contribution in [0.3, 0.4) is 0 Å². The number of carbonyl (C=O) groups is 3. The van der Waals surface area contributed by atoms with Crippen LogP contribution in [0.25, 0.3) is 0 Å². The Labute approximate surface area is 185 Å². The molecule has 2 atom stereocenters.